The van der Waals surface area contributed by atoms with Crippen molar-refractivity contribution in [2.24, 2.45) is 0 Å². The van der Waals surface area contributed by atoms with Crippen LogP contribution in [0.3, 0.4) is 0 Å². The minimum atomic E-state index is 0.314. The quantitative estimate of drug-likeness (QED) is 0.768. The van der Waals surface area contributed by atoms with Gasteiger partial charge < -0.3 is 9.80 Å². The van der Waals surface area contributed by atoms with Crippen molar-refractivity contribution in [3.8, 4) is 0 Å². The first-order valence-electron chi connectivity index (χ1n) is 9.48. The summed E-state index contributed by atoms with van der Waals surface area (Å²) < 4.78 is 0. The lowest BCUT2D eigenvalue weighted by Crippen LogP contribution is -2.54. The molecule has 2 heterocycles. The van der Waals surface area contributed by atoms with Crippen molar-refractivity contribution in [1.82, 2.24) is 19.6 Å². The minimum Gasteiger partial charge on any atom is -0.304 e. The van der Waals surface area contributed by atoms with Crippen molar-refractivity contribution in [3.63, 3.8) is 0 Å². The van der Waals surface area contributed by atoms with Crippen molar-refractivity contribution in [2.75, 3.05) is 59.9 Å². The fourth-order valence-corrected chi connectivity index (χ4v) is 3.91. The summed E-state index contributed by atoms with van der Waals surface area (Å²) in [5.74, 6) is 0. The zero-order valence-electron chi connectivity index (χ0n) is 16.7. The van der Waals surface area contributed by atoms with Crippen LogP contribution in [0.5, 0.6) is 0 Å². The molecule has 0 spiro atoms. The van der Waals surface area contributed by atoms with Crippen molar-refractivity contribution in [3.05, 3.63) is 0 Å². The monoisotopic (exact) mass is 324 g/mol. The van der Waals surface area contributed by atoms with Crippen molar-refractivity contribution < 1.29 is 0 Å². The molecule has 0 aromatic rings. The molecule has 0 amide bonds. The summed E-state index contributed by atoms with van der Waals surface area (Å²) in [6.45, 7) is 20.4. The van der Waals surface area contributed by atoms with E-state index >= 15 is 0 Å². The van der Waals surface area contributed by atoms with Crippen LogP contribution in [0, 0.1) is 0 Å². The maximum atomic E-state index is 2.69. The Hall–Kier alpha value is -0.160. The molecule has 0 N–H and O–H groups in total. The SMILES string of the molecule is CN1CCN(C(C)(C)CCN(C)C2CCN(C(C)(C)C)C2)CC1. The van der Waals surface area contributed by atoms with Gasteiger partial charge in [-0.2, -0.15) is 0 Å². The summed E-state index contributed by atoms with van der Waals surface area (Å²) in [5.41, 5.74) is 0.631. The molecule has 0 saturated carbocycles. The van der Waals surface area contributed by atoms with Gasteiger partial charge in [0, 0.05) is 56.4 Å². The molecule has 0 aromatic heterocycles. The van der Waals surface area contributed by atoms with Gasteiger partial charge in [-0.15, -0.1) is 0 Å². The first-order valence-corrected chi connectivity index (χ1v) is 9.48. The van der Waals surface area contributed by atoms with Crippen LogP contribution in [0.2, 0.25) is 0 Å². The second kappa shape index (κ2) is 7.38. The molecule has 0 bridgehead atoms. The zero-order valence-corrected chi connectivity index (χ0v) is 16.7. The summed E-state index contributed by atoms with van der Waals surface area (Å²) in [7, 11) is 4.57. The molecule has 0 aromatic carbocycles. The summed E-state index contributed by atoms with van der Waals surface area (Å²) in [6.07, 6.45) is 2.59. The third-order valence-corrected chi connectivity index (χ3v) is 6.17. The van der Waals surface area contributed by atoms with E-state index in [-0.39, 0.29) is 0 Å². The Morgan fingerprint density at radius 1 is 0.913 bits per heavy atom. The Morgan fingerprint density at radius 2 is 1.52 bits per heavy atom. The number of piperazine rings is 1. The molecule has 2 rings (SSSR count). The van der Waals surface area contributed by atoms with Gasteiger partial charge in [-0.3, -0.25) is 9.80 Å². The third kappa shape index (κ3) is 5.15. The number of likely N-dealkylation sites (tertiary alicyclic amines) is 1. The van der Waals surface area contributed by atoms with Crippen molar-refractivity contribution in [1.29, 1.82) is 0 Å². The van der Waals surface area contributed by atoms with Gasteiger partial charge in [0.2, 0.25) is 0 Å². The molecule has 2 aliphatic heterocycles. The van der Waals surface area contributed by atoms with Crippen LogP contribution in [-0.2, 0) is 0 Å². The highest BCUT2D eigenvalue weighted by Crippen LogP contribution is 2.25. The molecule has 1 unspecified atom stereocenters. The Balaban J connectivity index is 1.78. The van der Waals surface area contributed by atoms with E-state index in [1.54, 1.807) is 0 Å². The van der Waals surface area contributed by atoms with E-state index in [0.717, 1.165) is 6.04 Å². The highest BCUT2D eigenvalue weighted by atomic mass is 15.3. The smallest absolute Gasteiger partial charge is 0.0232 e. The second-order valence-electron chi connectivity index (χ2n) is 9.39. The van der Waals surface area contributed by atoms with E-state index in [2.05, 4.69) is 68.3 Å². The predicted octanol–water partition coefficient (Wildman–Crippen LogP) is 2.21. The molecular formula is C19H40N4. The van der Waals surface area contributed by atoms with Crippen LogP contribution in [0.15, 0.2) is 0 Å². The molecule has 1 atom stereocenters. The topological polar surface area (TPSA) is 13.0 Å². The Labute approximate surface area is 144 Å². The third-order valence-electron chi connectivity index (χ3n) is 6.17. The summed E-state index contributed by atoms with van der Waals surface area (Å²) in [4.78, 5) is 10.4. The molecule has 2 saturated heterocycles. The van der Waals surface area contributed by atoms with Gasteiger partial charge >= 0.3 is 0 Å². The molecule has 4 heteroatoms. The average Bonchev–Trinajstić information content (AvgIpc) is 2.95. The van der Waals surface area contributed by atoms with Crippen LogP contribution in [0.1, 0.15) is 47.5 Å². The molecule has 0 aliphatic carbocycles. The largest absolute Gasteiger partial charge is 0.304 e. The van der Waals surface area contributed by atoms with Crippen molar-refractivity contribution in [2.45, 2.75) is 64.6 Å². The van der Waals surface area contributed by atoms with Gasteiger partial charge in [-0.05, 0) is 68.1 Å². The molecule has 0 radical (unpaired) electrons. The predicted molar refractivity (Wildman–Crippen MR) is 100 cm³/mol. The molecule has 23 heavy (non-hydrogen) atoms. The first-order chi connectivity index (χ1) is 10.6. The second-order valence-corrected chi connectivity index (χ2v) is 9.39. The van der Waals surface area contributed by atoms with Crippen LogP contribution in [-0.4, -0.2) is 96.6 Å². The fourth-order valence-electron chi connectivity index (χ4n) is 3.91. The fraction of sp³-hybridized carbons (Fsp3) is 1.00. The standard InChI is InChI=1S/C19H40N4/c1-18(2,3)23-10-8-17(16-23)21(7)11-9-19(4,5)22-14-12-20(6)13-15-22/h17H,8-16H2,1-7H3. The number of hydrogen-bond donors (Lipinski definition) is 0. The number of hydrogen-bond acceptors (Lipinski definition) is 4. The van der Waals surface area contributed by atoms with E-state index in [9.17, 15) is 0 Å². The van der Waals surface area contributed by atoms with Gasteiger partial charge in [-0.1, -0.05) is 0 Å². The van der Waals surface area contributed by atoms with Gasteiger partial charge in [0.1, 0.15) is 0 Å². The van der Waals surface area contributed by atoms with E-state index < -0.39 is 0 Å². The normalized spacial score (nSPS) is 26.3. The van der Waals surface area contributed by atoms with Crippen LogP contribution < -0.4 is 0 Å². The van der Waals surface area contributed by atoms with Crippen molar-refractivity contribution >= 4 is 0 Å². The van der Waals surface area contributed by atoms with Gasteiger partial charge in [0.15, 0.2) is 0 Å². The van der Waals surface area contributed by atoms with E-state index in [1.807, 2.05) is 0 Å². The Kier molecular flexibility index (Phi) is 6.15. The number of likely N-dealkylation sites (N-methyl/N-ethyl adjacent to an activating group) is 2. The van der Waals surface area contributed by atoms with E-state index in [1.165, 1.54) is 58.7 Å². The first kappa shape index (κ1) is 19.2. The van der Waals surface area contributed by atoms with E-state index in [0.29, 0.717) is 11.1 Å². The molecule has 136 valence electrons. The molecule has 2 aliphatic rings. The molecule has 4 nitrogen and oxygen atoms in total. The van der Waals surface area contributed by atoms with Crippen LogP contribution >= 0.6 is 0 Å². The van der Waals surface area contributed by atoms with Crippen LogP contribution in [0.4, 0.5) is 0 Å². The lowest BCUT2D eigenvalue weighted by molar-refractivity contribution is 0.0477. The average molecular weight is 325 g/mol. The summed E-state index contributed by atoms with van der Waals surface area (Å²) in [5, 5.41) is 0. The highest BCUT2D eigenvalue weighted by molar-refractivity contribution is 4.90. The Morgan fingerprint density at radius 3 is 2.04 bits per heavy atom. The lowest BCUT2D eigenvalue weighted by Gasteiger charge is -2.44. The van der Waals surface area contributed by atoms with Gasteiger partial charge in [0.05, 0.1) is 0 Å². The van der Waals surface area contributed by atoms with Gasteiger partial charge in [-0.25, -0.2) is 0 Å². The lowest BCUT2D eigenvalue weighted by atomic mass is 9.96. The van der Waals surface area contributed by atoms with Gasteiger partial charge in [0.25, 0.3) is 0 Å². The number of nitrogens with zero attached hydrogens (tertiary/aromatic N) is 4. The highest BCUT2D eigenvalue weighted by Gasteiger charge is 2.34. The molecule has 2 fully saturated rings. The Bertz CT molecular complexity index is 366. The minimum absolute atomic E-state index is 0.314. The van der Waals surface area contributed by atoms with Crippen LogP contribution in [0.25, 0.3) is 0 Å². The maximum Gasteiger partial charge on any atom is 0.0232 e. The summed E-state index contributed by atoms with van der Waals surface area (Å²) in [6, 6.07) is 0.734. The summed E-state index contributed by atoms with van der Waals surface area (Å²) >= 11 is 0. The molecular weight excluding hydrogens is 284 g/mol. The zero-order chi connectivity index (χ0) is 17.3. The number of rotatable bonds is 5. The van der Waals surface area contributed by atoms with E-state index in [4.69, 9.17) is 0 Å². The maximum absolute atomic E-state index is 2.69.